The number of hydrogen-bond donors (Lipinski definition) is 5. The Balaban J connectivity index is 0.929. The topological polar surface area (TPSA) is 227 Å². The summed E-state index contributed by atoms with van der Waals surface area (Å²) in [7, 11) is 0. The first-order chi connectivity index (χ1) is 32.8. The number of nitrogens with two attached hydrogens (primary N) is 1. The zero-order valence-corrected chi connectivity index (χ0v) is 37.4. The molecule has 0 bridgehead atoms. The predicted octanol–water partition coefficient (Wildman–Crippen LogP) is 5.59. The number of alkyl carbamates (subject to hydrolysis) is 1. The highest BCUT2D eigenvalue weighted by atomic mass is 19.1. The Kier molecular flexibility index (Phi) is 16.0. The molecule has 0 radical (unpaired) electrons. The lowest BCUT2D eigenvalue weighted by Gasteiger charge is -2.42. The van der Waals surface area contributed by atoms with Gasteiger partial charge in [-0.2, -0.15) is 0 Å². The summed E-state index contributed by atoms with van der Waals surface area (Å²) in [6, 6.07) is 20.5. The summed E-state index contributed by atoms with van der Waals surface area (Å²) in [5.74, 6) is -3.91. The van der Waals surface area contributed by atoms with E-state index in [-0.39, 0.29) is 50.2 Å². The molecule has 1 aliphatic carbocycles. The van der Waals surface area contributed by atoms with Gasteiger partial charge in [0.25, 0.3) is 0 Å². The number of carboxylic acid groups (broad SMARTS) is 1. The molecule has 3 aliphatic rings. The third-order valence-corrected chi connectivity index (χ3v) is 12.0. The number of allylic oxidation sites excluding steroid dienone is 1. The molecule has 1 aromatic heterocycles. The van der Waals surface area contributed by atoms with Gasteiger partial charge in [-0.3, -0.25) is 4.79 Å². The number of piperazine rings is 1. The minimum Gasteiger partial charge on any atom is -0.478 e. The fourth-order valence-electron chi connectivity index (χ4n) is 8.25. The van der Waals surface area contributed by atoms with Gasteiger partial charge in [0.05, 0.1) is 35.9 Å². The Morgan fingerprint density at radius 3 is 2.28 bits per heavy atom. The average molecular weight is 937 g/mol. The van der Waals surface area contributed by atoms with Crippen molar-refractivity contribution in [3.8, 4) is 0 Å². The van der Waals surface area contributed by atoms with Crippen LogP contribution in [0.1, 0.15) is 54.2 Å². The number of halogens is 2. The maximum atomic E-state index is 15.4. The van der Waals surface area contributed by atoms with Crippen LogP contribution in [-0.2, 0) is 38.7 Å². The number of anilines is 1. The highest BCUT2D eigenvalue weighted by molar-refractivity contribution is 6.18. The van der Waals surface area contributed by atoms with Crippen molar-refractivity contribution in [3.63, 3.8) is 0 Å². The Morgan fingerprint density at radius 1 is 0.897 bits per heavy atom. The van der Waals surface area contributed by atoms with Crippen LogP contribution in [0, 0.1) is 11.7 Å². The van der Waals surface area contributed by atoms with Gasteiger partial charge in [0.2, 0.25) is 0 Å². The third-order valence-electron chi connectivity index (χ3n) is 12.0. The summed E-state index contributed by atoms with van der Waals surface area (Å²) in [4.78, 5) is 67.1. The number of nitrogens with one attached hydrogen (secondary N) is 3. The fourth-order valence-corrected chi connectivity index (χ4v) is 8.25. The number of fused-ring (bicyclic) bond motifs is 1. The number of aliphatic carboxylic acids is 1. The average Bonchev–Trinajstić information content (AvgIpc) is 3.84. The standard InChI is InChI=1S/C48H54F2N10O8/c1-2-57-27-38(45(62)63)44(61)37-24-39(50)43(25-42(37)57)58-19-21-59(22-20-58)48(66)68-30-33-12-16-35(17-13-33)53-26-36(9-6-18-52-46(51)64)60-28-41(55-56-60)40(23-31-10-14-34(49)15-11-31)54-47(65)67-29-32-7-4-3-5-8-32/h3-5,7-8,10-17,24-25,27-28,36-37,40,42,53H,2,6,9,18-23,26,29-30H2,1H3,(H,54,65)(H,62,63)(H3,51,52,64)/t36-,37?,40+,42?/m1/s1. The number of ketones is 1. The quantitative estimate of drug-likeness (QED) is 0.0572. The zero-order chi connectivity index (χ0) is 48.2. The van der Waals surface area contributed by atoms with Gasteiger partial charge in [0.1, 0.15) is 36.1 Å². The normalized spacial score (nSPS) is 17.7. The Bertz CT molecular complexity index is 2510. The van der Waals surface area contributed by atoms with Crippen LogP contribution in [0.15, 0.2) is 121 Å². The number of benzene rings is 3. The van der Waals surface area contributed by atoms with Crippen LogP contribution >= 0.6 is 0 Å². The lowest BCUT2D eigenvalue weighted by atomic mass is 9.82. The van der Waals surface area contributed by atoms with E-state index in [9.17, 15) is 33.5 Å². The summed E-state index contributed by atoms with van der Waals surface area (Å²) < 4.78 is 42.0. The first-order valence-electron chi connectivity index (χ1n) is 22.4. The van der Waals surface area contributed by atoms with Gasteiger partial charge in [0.15, 0.2) is 5.78 Å². The van der Waals surface area contributed by atoms with E-state index >= 15 is 4.39 Å². The van der Waals surface area contributed by atoms with Gasteiger partial charge in [-0.25, -0.2) is 32.6 Å². The SMILES string of the molecule is CCN1C=C(C(=O)O)C(=O)C2C=C(F)C(N3CCN(C(=O)OCc4ccc(NC[C@@H](CCCNC(N)=O)n5cc([C@H](Cc6ccc(F)cc6)NC(=O)OCc6ccccc6)nn5)cc4)CC3)=CC21. The third kappa shape index (κ3) is 12.6. The second-order valence-electron chi connectivity index (χ2n) is 16.5. The lowest BCUT2D eigenvalue weighted by Crippen LogP contribution is -2.50. The minimum atomic E-state index is -1.35. The van der Waals surface area contributed by atoms with Crippen LogP contribution in [0.4, 0.5) is 28.9 Å². The number of Topliss-reactive ketones (excluding diaryl/α,β-unsaturated/α-hetero) is 1. The van der Waals surface area contributed by atoms with Crippen molar-refractivity contribution < 1.29 is 47.3 Å². The van der Waals surface area contributed by atoms with Crippen LogP contribution in [0.5, 0.6) is 0 Å². The number of aromatic nitrogens is 3. The summed E-state index contributed by atoms with van der Waals surface area (Å²) in [6.45, 7) is 4.27. The molecule has 4 aromatic rings. The molecule has 1 fully saturated rings. The number of likely N-dealkylation sites (N-methyl/N-ethyl adjacent to an activating group) is 1. The number of rotatable bonds is 19. The van der Waals surface area contributed by atoms with Gasteiger partial charge >= 0.3 is 24.2 Å². The summed E-state index contributed by atoms with van der Waals surface area (Å²) >= 11 is 0. The number of hydrogen-bond acceptors (Lipinski definition) is 12. The first-order valence-corrected chi connectivity index (χ1v) is 22.4. The fraction of sp³-hybridized carbons (Fsp3) is 0.354. The van der Waals surface area contributed by atoms with Crippen molar-refractivity contribution in [2.24, 2.45) is 11.7 Å². The Morgan fingerprint density at radius 2 is 1.59 bits per heavy atom. The molecule has 358 valence electrons. The molecule has 7 rings (SSSR count). The van der Waals surface area contributed by atoms with Gasteiger partial charge in [0, 0.05) is 57.7 Å². The van der Waals surface area contributed by atoms with E-state index in [1.807, 2.05) is 66.4 Å². The van der Waals surface area contributed by atoms with E-state index in [1.165, 1.54) is 24.4 Å². The second kappa shape index (κ2) is 22.6. The van der Waals surface area contributed by atoms with Crippen LogP contribution in [0.3, 0.4) is 0 Å². The van der Waals surface area contributed by atoms with Crippen molar-refractivity contribution in [2.45, 2.75) is 57.5 Å². The summed E-state index contributed by atoms with van der Waals surface area (Å²) in [6.07, 6.45) is 6.16. The number of amides is 4. The van der Waals surface area contributed by atoms with E-state index in [0.29, 0.717) is 57.0 Å². The van der Waals surface area contributed by atoms with E-state index in [1.54, 1.807) is 38.9 Å². The monoisotopic (exact) mass is 936 g/mol. The van der Waals surface area contributed by atoms with Crippen molar-refractivity contribution >= 4 is 35.7 Å². The minimum absolute atomic E-state index is 0.0157. The molecule has 6 N–H and O–H groups in total. The highest BCUT2D eigenvalue weighted by Gasteiger charge is 2.41. The molecule has 3 heterocycles. The maximum Gasteiger partial charge on any atom is 0.410 e. The van der Waals surface area contributed by atoms with E-state index in [4.69, 9.17) is 15.2 Å². The Labute approximate surface area is 391 Å². The number of carboxylic acids is 1. The van der Waals surface area contributed by atoms with Gasteiger partial charge < -0.3 is 51.0 Å². The number of carbonyl (C=O) groups is 5. The highest BCUT2D eigenvalue weighted by Crippen LogP contribution is 2.35. The van der Waals surface area contributed by atoms with Crippen LogP contribution in [0.25, 0.3) is 0 Å². The van der Waals surface area contributed by atoms with Gasteiger partial charge in [-0.05, 0) is 79.3 Å². The molecule has 0 spiro atoms. The summed E-state index contributed by atoms with van der Waals surface area (Å²) in [5, 5.41) is 27.3. The number of primary amides is 1. The van der Waals surface area contributed by atoms with Crippen molar-refractivity contribution in [1.82, 2.24) is 40.3 Å². The van der Waals surface area contributed by atoms with Gasteiger partial charge in [-0.15, -0.1) is 5.10 Å². The molecule has 2 unspecified atom stereocenters. The van der Waals surface area contributed by atoms with Crippen molar-refractivity contribution in [1.29, 1.82) is 0 Å². The molecular weight excluding hydrogens is 883 g/mol. The molecule has 4 atom stereocenters. The molecular formula is C48H54F2N10O8. The molecule has 0 saturated carbocycles. The van der Waals surface area contributed by atoms with Crippen molar-refractivity contribution in [2.75, 3.05) is 51.1 Å². The smallest absolute Gasteiger partial charge is 0.410 e. The van der Waals surface area contributed by atoms with E-state index in [2.05, 4.69) is 26.3 Å². The van der Waals surface area contributed by atoms with E-state index < -0.39 is 53.8 Å². The molecule has 68 heavy (non-hydrogen) atoms. The van der Waals surface area contributed by atoms with Crippen molar-refractivity contribution in [3.05, 3.63) is 149 Å². The van der Waals surface area contributed by atoms with Crippen LogP contribution < -0.4 is 21.7 Å². The van der Waals surface area contributed by atoms with E-state index in [0.717, 1.165) is 22.4 Å². The first kappa shape index (κ1) is 48.2. The van der Waals surface area contributed by atoms with Crippen LogP contribution in [-0.4, -0.2) is 117 Å². The molecule has 2 aliphatic heterocycles. The maximum absolute atomic E-state index is 15.4. The Hall–Kier alpha value is -7.77. The number of urea groups is 1. The molecule has 3 aromatic carbocycles. The van der Waals surface area contributed by atoms with Crippen LogP contribution in [0.2, 0.25) is 0 Å². The van der Waals surface area contributed by atoms with Gasteiger partial charge in [-0.1, -0.05) is 59.8 Å². The predicted molar refractivity (Wildman–Crippen MR) is 244 cm³/mol. The molecule has 18 nitrogen and oxygen atoms in total. The summed E-state index contributed by atoms with van der Waals surface area (Å²) in [5.41, 5.74) is 8.78. The zero-order valence-electron chi connectivity index (χ0n) is 37.4. The second-order valence-corrected chi connectivity index (χ2v) is 16.5. The lowest BCUT2D eigenvalue weighted by molar-refractivity contribution is -0.136. The molecule has 4 amide bonds. The largest absolute Gasteiger partial charge is 0.478 e. The number of carbonyl (C=O) groups excluding carboxylic acids is 4. The number of ether oxygens (including phenoxy) is 2. The number of nitrogens with zero attached hydrogens (tertiary/aromatic N) is 6. The molecule has 20 heteroatoms. The molecule has 1 saturated heterocycles.